The highest BCUT2D eigenvalue weighted by Crippen LogP contribution is 2.22. The van der Waals surface area contributed by atoms with E-state index in [1.54, 1.807) is 37.6 Å². The second kappa shape index (κ2) is 11.7. The van der Waals surface area contributed by atoms with Gasteiger partial charge in [0.05, 0.1) is 24.4 Å². The van der Waals surface area contributed by atoms with Crippen LogP contribution in [0.4, 0.5) is 5.69 Å². The van der Waals surface area contributed by atoms with E-state index in [4.69, 9.17) is 9.47 Å². The number of nitrogens with zero attached hydrogens (tertiary/aromatic N) is 2. The van der Waals surface area contributed by atoms with E-state index in [-0.39, 0.29) is 23.6 Å². The van der Waals surface area contributed by atoms with Crippen LogP contribution in [0.1, 0.15) is 39.0 Å². The lowest BCUT2D eigenvalue weighted by molar-refractivity contribution is -0.122. The monoisotopic (exact) mass is 477 g/mol. The maximum Gasteiger partial charge on any atom is 0.340 e. The first-order chi connectivity index (χ1) is 16.4. The third kappa shape index (κ3) is 6.49. The lowest BCUT2D eigenvalue weighted by Crippen LogP contribution is -2.21. The summed E-state index contributed by atoms with van der Waals surface area (Å²) in [4.78, 5) is 41.7. The molecule has 1 atom stereocenters. The number of benzene rings is 2. The molecule has 3 rings (SSSR count). The van der Waals surface area contributed by atoms with E-state index in [2.05, 4.69) is 10.3 Å². The summed E-state index contributed by atoms with van der Waals surface area (Å²) in [5.41, 5.74) is 2.09. The molecule has 34 heavy (non-hydrogen) atoms. The zero-order valence-electron chi connectivity index (χ0n) is 18.7. The summed E-state index contributed by atoms with van der Waals surface area (Å²) >= 11 is 1.21. The normalized spacial score (nSPS) is 11.2. The molecule has 0 aliphatic carbocycles. The maximum absolute atomic E-state index is 12.6. The fourth-order valence-electron chi connectivity index (χ4n) is 3.10. The number of aryl methyl sites for hydroxylation is 2. The van der Waals surface area contributed by atoms with Crippen molar-refractivity contribution in [2.24, 2.45) is 0 Å². The molecular weight excluding hydrogens is 454 g/mol. The molecule has 0 saturated heterocycles. The number of aromatic nitrogens is 1. The van der Waals surface area contributed by atoms with Crippen molar-refractivity contribution in [1.82, 2.24) is 4.98 Å². The van der Waals surface area contributed by atoms with E-state index in [9.17, 15) is 19.6 Å². The minimum atomic E-state index is -1.10. The highest BCUT2D eigenvalue weighted by atomic mass is 32.1. The molecule has 2 aromatic carbocycles. The Kier molecular flexibility index (Phi) is 8.48. The molecule has 0 saturated carbocycles. The summed E-state index contributed by atoms with van der Waals surface area (Å²) in [6.45, 7) is 1.19. The Hall–Kier alpha value is -4.03. The Balaban J connectivity index is 1.58. The number of hydrogen-bond donors (Lipinski definition) is 1. The molecule has 0 bridgehead atoms. The van der Waals surface area contributed by atoms with E-state index in [0.29, 0.717) is 17.1 Å². The second-order valence-corrected chi connectivity index (χ2v) is 8.26. The van der Waals surface area contributed by atoms with Crippen molar-refractivity contribution in [2.45, 2.75) is 25.7 Å². The largest absolute Gasteiger partial charge is 0.497 e. The van der Waals surface area contributed by atoms with Gasteiger partial charge in [0.15, 0.2) is 18.3 Å². The molecule has 0 spiro atoms. The molecule has 1 aromatic heterocycles. The summed E-state index contributed by atoms with van der Waals surface area (Å²) in [5, 5.41) is 14.2. The quantitative estimate of drug-likeness (QED) is 0.437. The minimum Gasteiger partial charge on any atom is -0.497 e. The third-order valence-electron chi connectivity index (χ3n) is 4.90. The van der Waals surface area contributed by atoms with E-state index < -0.39 is 24.3 Å². The van der Waals surface area contributed by atoms with Gasteiger partial charge in [0.2, 0.25) is 5.91 Å². The Bertz CT molecular complexity index is 1210. The average molecular weight is 478 g/mol. The Morgan fingerprint density at radius 1 is 1.15 bits per heavy atom. The minimum absolute atomic E-state index is 0.117. The molecule has 0 aliphatic rings. The number of thiazole rings is 1. The first kappa shape index (κ1) is 24.6. The van der Waals surface area contributed by atoms with Crippen molar-refractivity contribution in [2.75, 3.05) is 19.0 Å². The standard InChI is InChI=1S/C25H23N3O5S/c1-16-15-34-24(27-16)20(13-26)22(29)14-33-25(31)19-5-3-4-6-21(19)28-23(30)12-9-17-7-10-18(32-2)11-8-17/h3-8,10-11,15,20H,9,12,14H2,1-2H3,(H,28,30)/t20-/m1/s1. The predicted molar refractivity (Wildman–Crippen MR) is 127 cm³/mol. The van der Waals surface area contributed by atoms with Gasteiger partial charge in [-0.1, -0.05) is 24.3 Å². The molecule has 1 heterocycles. The van der Waals surface area contributed by atoms with Crippen molar-refractivity contribution >= 4 is 34.7 Å². The number of rotatable bonds is 10. The summed E-state index contributed by atoms with van der Waals surface area (Å²) in [7, 11) is 1.59. The van der Waals surface area contributed by atoms with Crippen molar-refractivity contribution in [3.63, 3.8) is 0 Å². The molecule has 0 radical (unpaired) electrons. The van der Waals surface area contributed by atoms with E-state index in [0.717, 1.165) is 11.3 Å². The zero-order valence-corrected chi connectivity index (χ0v) is 19.6. The predicted octanol–water partition coefficient (Wildman–Crippen LogP) is 4.06. The number of nitriles is 1. The molecule has 1 amide bonds. The van der Waals surface area contributed by atoms with Crippen LogP contribution in [0.25, 0.3) is 0 Å². The third-order valence-corrected chi connectivity index (χ3v) is 5.93. The van der Waals surface area contributed by atoms with Crippen LogP contribution >= 0.6 is 11.3 Å². The Labute approximate surface area is 201 Å². The molecule has 174 valence electrons. The van der Waals surface area contributed by atoms with Gasteiger partial charge in [-0.3, -0.25) is 9.59 Å². The van der Waals surface area contributed by atoms with Crippen molar-refractivity contribution in [3.05, 3.63) is 75.7 Å². The first-order valence-corrected chi connectivity index (χ1v) is 11.3. The molecule has 0 aliphatic heterocycles. The number of methoxy groups -OCH3 is 1. The van der Waals surface area contributed by atoms with Crippen molar-refractivity contribution < 1.29 is 23.9 Å². The Morgan fingerprint density at radius 2 is 1.88 bits per heavy atom. The van der Waals surface area contributed by atoms with Crippen LogP contribution in [0.2, 0.25) is 0 Å². The number of carbonyl (C=O) groups is 3. The van der Waals surface area contributed by atoms with Gasteiger partial charge in [-0.05, 0) is 43.2 Å². The fourth-order valence-corrected chi connectivity index (χ4v) is 3.96. The smallest absolute Gasteiger partial charge is 0.340 e. The van der Waals surface area contributed by atoms with Gasteiger partial charge in [0, 0.05) is 17.5 Å². The van der Waals surface area contributed by atoms with Gasteiger partial charge in [-0.2, -0.15) is 5.26 Å². The highest BCUT2D eigenvalue weighted by Gasteiger charge is 2.25. The molecule has 3 aromatic rings. The van der Waals surface area contributed by atoms with Crippen LogP contribution in [0.5, 0.6) is 5.75 Å². The number of ether oxygens (including phenoxy) is 2. The van der Waals surface area contributed by atoms with Crippen LogP contribution in [0.3, 0.4) is 0 Å². The number of anilines is 1. The maximum atomic E-state index is 12.6. The summed E-state index contributed by atoms with van der Waals surface area (Å²) < 4.78 is 10.3. The number of para-hydroxylation sites is 1. The average Bonchev–Trinajstić information content (AvgIpc) is 3.28. The van der Waals surface area contributed by atoms with Crippen LogP contribution in [0, 0.1) is 18.3 Å². The fraction of sp³-hybridized carbons (Fsp3) is 0.240. The molecule has 0 unspecified atom stereocenters. The van der Waals surface area contributed by atoms with Gasteiger partial charge in [-0.15, -0.1) is 11.3 Å². The van der Waals surface area contributed by atoms with E-state index in [1.807, 2.05) is 30.3 Å². The van der Waals surface area contributed by atoms with Crippen molar-refractivity contribution in [1.29, 1.82) is 5.26 Å². The Morgan fingerprint density at radius 3 is 2.53 bits per heavy atom. The van der Waals surface area contributed by atoms with Crippen LogP contribution in [-0.4, -0.2) is 36.4 Å². The molecule has 8 nitrogen and oxygen atoms in total. The molecule has 0 fully saturated rings. The zero-order chi connectivity index (χ0) is 24.5. The number of amides is 1. The topological polar surface area (TPSA) is 118 Å². The van der Waals surface area contributed by atoms with Gasteiger partial charge < -0.3 is 14.8 Å². The van der Waals surface area contributed by atoms with Gasteiger partial charge in [0.25, 0.3) is 0 Å². The van der Waals surface area contributed by atoms with E-state index in [1.165, 1.54) is 17.4 Å². The van der Waals surface area contributed by atoms with Gasteiger partial charge in [-0.25, -0.2) is 9.78 Å². The van der Waals surface area contributed by atoms with Crippen molar-refractivity contribution in [3.8, 4) is 11.8 Å². The summed E-state index contributed by atoms with van der Waals surface area (Å²) in [5.74, 6) is -1.96. The van der Waals surface area contributed by atoms with Gasteiger partial charge in [0.1, 0.15) is 10.8 Å². The molecular formula is C25H23N3O5S. The van der Waals surface area contributed by atoms with Crippen LogP contribution in [0.15, 0.2) is 53.9 Å². The second-order valence-electron chi connectivity index (χ2n) is 7.37. The summed E-state index contributed by atoms with van der Waals surface area (Å²) in [6, 6.07) is 15.7. The highest BCUT2D eigenvalue weighted by molar-refractivity contribution is 7.09. The molecule has 9 heteroatoms. The van der Waals surface area contributed by atoms with Gasteiger partial charge >= 0.3 is 5.97 Å². The number of carbonyl (C=O) groups excluding carboxylic acids is 3. The lowest BCUT2D eigenvalue weighted by Gasteiger charge is -2.11. The summed E-state index contributed by atoms with van der Waals surface area (Å²) in [6.07, 6.45) is 0.730. The number of ketones is 1. The number of esters is 1. The van der Waals surface area contributed by atoms with Crippen LogP contribution in [-0.2, 0) is 20.7 Å². The lowest BCUT2D eigenvalue weighted by atomic mass is 10.1. The SMILES string of the molecule is COc1ccc(CCC(=O)Nc2ccccc2C(=O)OCC(=O)[C@@H](C#N)c2nc(C)cs2)cc1. The van der Waals surface area contributed by atoms with Crippen LogP contribution < -0.4 is 10.1 Å². The number of Topliss-reactive ketones (excluding diaryl/α,β-unsaturated/α-hetero) is 1. The number of nitrogens with one attached hydrogen (secondary N) is 1. The first-order valence-electron chi connectivity index (χ1n) is 10.4. The molecule has 1 N–H and O–H groups in total. The number of hydrogen-bond acceptors (Lipinski definition) is 8. The van der Waals surface area contributed by atoms with E-state index >= 15 is 0 Å².